The van der Waals surface area contributed by atoms with Crippen molar-refractivity contribution >= 4 is 22.6 Å². The molecule has 0 aliphatic carbocycles. The highest BCUT2D eigenvalue weighted by Gasteiger charge is 2.25. The van der Waals surface area contributed by atoms with Crippen molar-refractivity contribution in [2.24, 2.45) is 0 Å². The van der Waals surface area contributed by atoms with Crippen molar-refractivity contribution in [3.8, 4) is 5.75 Å². The lowest BCUT2D eigenvalue weighted by Gasteiger charge is -2.27. The van der Waals surface area contributed by atoms with Gasteiger partial charge in [0.05, 0.1) is 11.7 Å². The van der Waals surface area contributed by atoms with Crippen LogP contribution in [0.3, 0.4) is 0 Å². The number of hydrogen-bond donors (Lipinski definition) is 1. The van der Waals surface area contributed by atoms with Gasteiger partial charge in [0.2, 0.25) is 0 Å². The number of ether oxygens (including phenoxy) is 1. The average molecular weight is 447 g/mol. The number of aryl methyl sites for hydroxylation is 2. The van der Waals surface area contributed by atoms with E-state index in [9.17, 15) is 8.78 Å². The van der Waals surface area contributed by atoms with E-state index in [-0.39, 0.29) is 11.8 Å². The third-order valence-electron chi connectivity index (χ3n) is 4.28. The monoisotopic (exact) mass is 447 g/mol. The van der Waals surface area contributed by atoms with E-state index in [4.69, 9.17) is 0 Å². The van der Waals surface area contributed by atoms with Gasteiger partial charge in [-0.1, -0.05) is 19.1 Å². The summed E-state index contributed by atoms with van der Waals surface area (Å²) in [6.45, 7) is 1.26. The summed E-state index contributed by atoms with van der Waals surface area (Å²) >= 11 is 2.31. The van der Waals surface area contributed by atoms with E-state index < -0.39 is 6.61 Å². The third-order valence-corrected chi connectivity index (χ3v) is 5.08. The molecule has 1 N–H and O–H groups in total. The van der Waals surface area contributed by atoms with E-state index in [1.165, 1.54) is 5.69 Å². The lowest BCUT2D eigenvalue weighted by molar-refractivity contribution is -0.0498. The van der Waals surface area contributed by atoms with Gasteiger partial charge in [0.1, 0.15) is 15.3 Å². The van der Waals surface area contributed by atoms with Crippen LogP contribution in [0.4, 0.5) is 8.78 Å². The second kappa shape index (κ2) is 7.77. The van der Waals surface area contributed by atoms with Crippen LogP contribution in [0.2, 0.25) is 0 Å². The molecule has 0 saturated heterocycles. The SMILES string of the molecule is CCc1nc(I)c2n1CCNC2CCc1ccc(OC(F)F)cc1. The maximum absolute atomic E-state index is 12.2. The van der Waals surface area contributed by atoms with Crippen LogP contribution in [0, 0.1) is 3.70 Å². The van der Waals surface area contributed by atoms with Gasteiger partial charge in [0.15, 0.2) is 0 Å². The molecule has 0 amide bonds. The number of benzene rings is 1. The zero-order valence-corrected chi connectivity index (χ0v) is 15.6. The Labute approximate surface area is 153 Å². The molecule has 0 spiro atoms. The van der Waals surface area contributed by atoms with Gasteiger partial charge in [0.25, 0.3) is 0 Å². The highest BCUT2D eigenvalue weighted by Crippen LogP contribution is 2.28. The number of nitrogens with zero attached hydrogens (tertiary/aromatic N) is 2. The van der Waals surface area contributed by atoms with Gasteiger partial charge in [0, 0.05) is 19.5 Å². The molecule has 4 nitrogen and oxygen atoms in total. The van der Waals surface area contributed by atoms with Crippen molar-refractivity contribution in [3.05, 3.63) is 45.0 Å². The minimum atomic E-state index is -2.78. The van der Waals surface area contributed by atoms with Gasteiger partial charge in [-0.3, -0.25) is 0 Å². The first-order valence-corrected chi connectivity index (χ1v) is 9.18. The zero-order valence-electron chi connectivity index (χ0n) is 13.4. The molecular formula is C17H20F2IN3O. The number of alkyl halides is 2. The van der Waals surface area contributed by atoms with E-state index in [0.717, 1.165) is 47.4 Å². The zero-order chi connectivity index (χ0) is 17.1. The first kappa shape index (κ1) is 17.6. The van der Waals surface area contributed by atoms with E-state index in [0.29, 0.717) is 0 Å². The quantitative estimate of drug-likeness (QED) is 0.683. The molecule has 3 rings (SSSR count). The fraction of sp³-hybridized carbons (Fsp3) is 0.471. The van der Waals surface area contributed by atoms with Gasteiger partial charge in [-0.25, -0.2) is 4.98 Å². The minimum absolute atomic E-state index is 0.199. The van der Waals surface area contributed by atoms with Gasteiger partial charge in [-0.05, 0) is 53.1 Å². The topological polar surface area (TPSA) is 39.1 Å². The highest BCUT2D eigenvalue weighted by atomic mass is 127. The van der Waals surface area contributed by atoms with Crippen molar-refractivity contribution in [1.82, 2.24) is 14.9 Å². The van der Waals surface area contributed by atoms with Crippen LogP contribution in [0.1, 0.15) is 36.5 Å². The molecular weight excluding hydrogens is 427 g/mol. The summed E-state index contributed by atoms with van der Waals surface area (Å²) in [5, 5.41) is 3.57. The van der Waals surface area contributed by atoms with E-state index >= 15 is 0 Å². The Morgan fingerprint density at radius 1 is 1.38 bits per heavy atom. The number of hydrogen-bond acceptors (Lipinski definition) is 3. The summed E-state index contributed by atoms with van der Waals surface area (Å²) in [6, 6.07) is 7.16. The summed E-state index contributed by atoms with van der Waals surface area (Å²) in [7, 11) is 0. The molecule has 2 heterocycles. The molecule has 130 valence electrons. The van der Waals surface area contributed by atoms with Crippen LogP contribution in [0.15, 0.2) is 24.3 Å². The van der Waals surface area contributed by atoms with E-state index in [2.05, 4.69) is 49.1 Å². The predicted octanol–water partition coefficient (Wildman–Crippen LogP) is 3.93. The Morgan fingerprint density at radius 2 is 2.12 bits per heavy atom. The van der Waals surface area contributed by atoms with Crippen LogP contribution in [-0.4, -0.2) is 22.7 Å². The summed E-state index contributed by atoms with van der Waals surface area (Å²) in [5.41, 5.74) is 2.39. The number of halogens is 3. The summed E-state index contributed by atoms with van der Waals surface area (Å²) in [4.78, 5) is 4.68. The number of aromatic nitrogens is 2. The molecule has 1 aliphatic rings. The van der Waals surface area contributed by atoms with Crippen LogP contribution in [0.25, 0.3) is 0 Å². The Bertz CT molecular complexity index is 688. The van der Waals surface area contributed by atoms with Gasteiger partial charge < -0.3 is 14.6 Å². The average Bonchev–Trinajstić information content (AvgIpc) is 2.91. The van der Waals surface area contributed by atoms with Gasteiger partial charge in [-0.2, -0.15) is 8.78 Å². The molecule has 24 heavy (non-hydrogen) atoms. The highest BCUT2D eigenvalue weighted by molar-refractivity contribution is 14.1. The smallest absolute Gasteiger partial charge is 0.387 e. The minimum Gasteiger partial charge on any atom is -0.435 e. The van der Waals surface area contributed by atoms with Crippen LogP contribution in [-0.2, 0) is 19.4 Å². The maximum Gasteiger partial charge on any atom is 0.387 e. The second-order valence-corrected chi connectivity index (χ2v) is 6.80. The fourth-order valence-corrected chi connectivity index (χ4v) is 4.11. The molecule has 1 aliphatic heterocycles. The van der Waals surface area contributed by atoms with Crippen LogP contribution < -0.4 is 10.1 Å². The van der Waals surface area contributed by atoms with Gasteiger partial charge in [-0.15, -0.1) is 0 Å². The molecule has 0 bridgehead atoms. The lowest BCUT2D eigenvalue weighted by atomic mass is 10.0. The summed E-state index contributed by atoms with van der Waals surface area (Å²) < 4.78 is 32.2. The number of fused-ring (bicyclic) bond motifs is 1. The second-order valence-electron chi connectivity index (χ2n) is 5.78. The summed E-state index contributed by atoms with van der Waals surface area (Å²) in [6.07, 6.45) is 2.75. The van der Waals surface area contributed by atoms with Gasteiger partial charge >= 0.3 is 6.61 Å². The van der Waals surface area contributed by atoms with Crippen molar-refractivity contribution in [3.63, 3.8) is 0 Å². The number of nitrogens with one attached hydrogen (secondary N) is 1. The number of imidazole rings is 1. The third kappa shape index (κ3) is 3.88. The first-order valence-electron chi connectivity index (χ1n) is 8.10. The molecule has 1 aromatic carbocycles. The molecule has 0 radical (unpaired) electrons. The number of rotatable bonds is 6. The largest absolute Gasteiger partial charge is 0.435 e. The molecule has 7 heteroatoms. The molecule has 1 unspecified atom stereocenters. The molecule has 2 aromatic rings. The van der Waals surface area contributed by atoms with Crippen molar-refractivity contribution in [2.75, 3.05) is 6.54 Å². The summed E-state index contributed by atoms with van der Waals surface area (Å²) in [5.74, 6) is 1.35. The molecule has 1 aromatic heterocycles. The Hall–Kier alpha value is -1.22. The lowest BCUT2D eigenvalue weighted by Crippen LogP contribution is -2.34. The van der Waals surface area contributed by atoms with Crippen molar-refractivity contribution in [1.29, 1.82) is 0 Å². The molecule has 1 atom stereocenters. The van der Waals surface area contributed by atoms with E-state index in [1.807, 2.05) is 12.1 Å². The fourth-order valence-electron chi connectivity index (χ4n) is 3.17. The van der Waals surface area contributed by atoms with Crippen LogP contribution in [0.5, 0.6) is 5.75 Å². The van der Waals surface area contributed by atoms with Crippen LogP contribution >= 0.6 is 22.6 Å². The standard InChI is InChI=1S/C17H20F2IN3O/c1-2-14-22-16(20)15-13(21-9-10-23(14)15)8-5-11-3-6-12(7-4-11)24-17(18)19/h3-4,6-7,13,17,21H,2,5,8-10H2,1H3. The predicted molar refractivity (Wildman–Crippen MR) is 96.5 cm³/mol. The Balaban J connectivity index is 1.67. The molecule has 0 fully saturated rings. The molecule has 0 saturated carbocycles. The maximum atomic E-state index is 12.2. The van der Waals surface area contributed by atoms with E-state index in [1.54, 1.807) is 12.1 Å². The van der Waals surface area contributed by atoms with Crippen molar-refractivity contribution < 1.29 is 13.5 Å². The first-order chi connectivity index (χ1) is 11.6. The van der Waals surface area contributed by atoms with Crippen molar-refractivity contribution in [2.45, 2.75) is 45.4 Å². The Kier molecular flexibility index (Phi) is 5.70. The normalized spacial score (nSPS) is 17.1. The Morgan fingerprint density at radius 3 is 2.79 bits per heavy atom.